The number of hydrogen-bond donors (Lipinski definition) is 2. The summed E-state index contributed by atoms with van der Waals surface area (Å²) in [5.74, 6) is 0.0355. The van der Waals surface area contributed by atoms with Crippen molar-refractivity contribution in [3.63, 3.8) is 0 Å². The Morgan fingerprint density at radius 3 is 2.56 bits per heavy atom. The van der Waals surface area contributed by atoms with Crippen LogP contribution in [0.2, 0.25) is 0 Å². The molecule has 0 radical (unpaired) electrons. The third-order valence-electron chi connectivity index (χ3n) is 5.60. The fourth-order valence-corrected chi connectivity index (χ4v) is 3.89. The summed E-state index contributed by atoms with van der Waals surface area (Å²) >= 11 is 0. The van der Waals surface area contributed by atoms with Gasteiger partial charge in [0, 0.05) is 6.54 Å². The molecule has 1 fully saturated rings. The van der Waals surface area contributed by atoms with Crippen LogP contribution in [0, 0.1) is 0 Å². The summed E-state index contributed by atoms with van der Waals surface area (Å²) in [5.41, 5.74) is 1.01. The van der Waals surface area contributed by atoms with Crippen LogP contribution in [-0.2, 0) is 21.7 Å². The Labute approximate surface area is 185 Å². The highest BCUT2D eigenvalue weighted by atomic mass is 16.5. The van der Waals surface area contributed by atoms with Gasteiger partial charge in [0.1, 0.15) is 17.8 Å². The predicted octanol–water partition coefficient (Wildman–Crippen LogP) is 2.86. The zero-order valence-electron chi connectivity index (χ0n) is 18.2. The number of rotatable bonds is 7. The van der Waals surface area contributed by atoms with Crippen molar-refractivity contribution in [2.45, 2.75) is 32.4 Å². The molecular formula is C23H25N5O4. The summed E-state index contributed by atoms with van der Waals surface area (Å²) in [6.45, 7) is 3.92. The van der Waals surface area contributed by atoms with Gasteiger partial charge in [-0.2, -0.15) is 0 Å². The second kappa shape index (κ2) is 8.33. The van der Waals surface area contributed by atoms with E-state index in [0.717, 1.165) is 22.4 Å². The summed E-state index contributed by atoms with van der Waals surface area (Å²) in [5, 5.41) is 5.46. The Kier molecular flexibility index (Phi) is 5.56. The number of para-hydroxylation sites is 2. The quantitative estimate of drug-likeness (QED) is 0.555. The zero-order chi connectivity index (χ0) is 22.9. The standard InChI is InChI=1S/C23H25N5O4/c1-4-13-27-18-8-6-5-7-17(18)24-21(27)25-19(29)14-28-20(30)23(2,26-22(28)31)15-9-11-16(32-3)12-10-15/h5-12H,4,13-14H2,1-3H3,(H,26,31)(H,24,25,29). The zero-order valence-corrected chi connectivity index (χ0v) is 18.2. The Bertz CT molecular complexity index is 1190. The largest absolute Gasteiger partial charge is 0.497 e. The lowest BCUT2D eigenvalue weighted by atomic mass is 9.92. The number of carbonyl (C=O) groups excluding carboxylic acids is 3. The van der Waals surface area contributed by atoms with Crippen LogP contribution in [0.15, 0.2) is 48.5 Å². The highest BCUT2D eigenvalue weighted by Crippen LogP contribution is 2.30. The number of anilines is 1. The molecule has 4 amide bonds. The first kappa shape index (κ1) is 21.4. The number of fused-ring (bicyclic) bond motifs is 1. The van der Waals surface area contributed by atoms with E-state index in [0.29, 0.717) is 23.8 Å². The number of imide groups is 1. The first-order valence-electron chi connectivity index (χ1n) is 10.4. The number of amides is 4. The molecule has 2 heterocycles. The molecule has 0 spiro atoms. The molecular weight excluding hydrogens is 410 g/mol. The van der Waals surface area contributed by atoms with Gasteiger partial charge in [-0.15, -0.1) is 0 Å². The molecule has 166 valence electrons. The molecule has 1 aliphatic heterocycles. The minimum absolute atomic E-state index is 0.392. The van der Waals surface area contributed by atoms with Gasteiger partial charge in [-0.25, -0.2) is 9.78 Å². The van der Waals surface area contributed by atoms with E-state index in [1.54, 1.807) is 38.3 Å². The highest BCUT2D eigenvalue weighted by molar-refractivity contribution is 6.10. The Balaban J connectivity index is 1.52. The maximum Gasteiger partial charge on any atom is 0.325 e. The van der Waals surface area contributed by atoms with Gasteiger partial charge in [-0.1, -0.05) is 31.2 Å². The smallest absolute Gasteiger partial charge is 0.325 e. The number of hydrogen-bond acceptors (Lipinski definition) is 5. The maximum atomic E-state index is 13.1. The normalized spacial score (nSPS) is 18.2. The van der Waals surface area contributed by atoms with Gasteiger partial charge in [0.25, 0.3) is 5.91 Å². The summed E-state index contributed by atoms with van der Waals surface area (Å²) in [6, 6.07) is 13.8. The molecule has 9 nitrogen and oxygen atoms in total. The highest BCUT2D eigenvalue weighted by Gasteiger charge is 2.49. The summed E-state index contributed by atoms with van der Waals surface area (Å²) < 4.78 is 7.07. The molecule has 32 heavy (non-hydrogen) atoms. The van der Waals surface area contributed by atoms with E-state index in [2.05, 4.69) is 15.6 Å². The van der Waals surface area contributed by atoms with E-state index in [9.17, 15) is 14.4 Å². The van der Waals surface area contributed by atoms with E-state index in [1.165, 1.54) is 0 Å². The topological polar surface area (TPSA) is 106 Å². The number of benzene rings is 2. The predicted molar refractivity (Wildman–Crippen MR) is 119 cm³/mol. The van der Waals surface area contributed by atoms with E-state index in [1.807, 2.05) is 35.8 Å². The number of aryl methyl sites for hydroxylation is 1. The Morgan fingerprint density at radius 1 is 1.16 bits per heavy atom. The number of carbonyl (C=O) groups is 3. The van der Waals surface area contributed by atoms with Gasteiger partial charge in [0.15, 0.2) is 0 Å². The van der Waals surface area contributed by atoms with Gasteiger partial charge in [0.05, 0.1) is 18.1 Å². The van der Waals surface area contributed by atoms with Crippen molar-refractivity contribution in [1.82, 2.24) is 19.8 Å². The molecule has 4 rings (SSSR count). The molecule has 0 saturated carbocycles. The van der Waals surface area contributed by atoms with Gasteiger partial charge >= 0.3 is 6.03 Å². The van der Waals surface area contributed by atoms with E-state index >= 15 is 0 Å². The number of nitrogens with one attached hydrogen (secondary N) is 2. The Morgan fingerprint density at radius 2 is 1.88 bits per heavy atom. The van der Waals surface area contributed by atoms with Crippen molar-refractivity contribution in [3.8, 4) is 5.75 Å². The maximum absolute atomic E-state index is 13.1. The van der Waals surface area contributed by atoms with Crippen LogP contribution in [0.4, 0.5) is 10.7 Å². The van der Waals surface area contributed by atoms with Gasteiger partial charge in [-0.3, -0.25) is 19.8 Å². The van der Waals surface area contributed by atoms with Gasteiger partial charge < -0.3 is 14.6 Å². The fraction of sp³-hybridized carbons (Fsp3) is 0.304. The first-order valence-corrected chi connectivity index (χ1v) is 10.4. The molecule has 1 atom stereocenters. The van der Waals surface area contributed by atoms with E-state index in [4.69, 9.17) is 4.74 Å². The van der Waals surface area contributed by atoms with Crippen LogP contribution in [0.5, 0.6) is 5.75 Å². The van der Waals surface area contributed by atoms with Crippen molar-refractivity contribution < 1.29 is 19.1 Å². The number of methoxy groups -OCH3 is 1. The van der Waals surface area contributed by atoms with Crippen molar-refractivity contribution in [2.24, 2.45) is 0 Å². The lowest BCUT2D eigenvalue weighted by Crippen LogP contribution is -2.42. The van der Waals surface area contributed by atoms with Crippen molar-refractivity contribution >= 4 is 34.8 Å². The van der Waals surface area contributed by atoms with Crippen LogP contribution in [0.25, 0.3) is 11.0 Å². The third-order valence-corrected chi connectivity index (χ3v) is 5.60. The van der Waals surface area contributed by atoms with Crippen LogP contribution < -0.4 is 15.4 Å². The lowest BCUT2D eigenvalue weighted by Gasteiger charge is -2.22. The van der Waals surface area contributed by atoms with Crippen LogP contribution in [0.1, 0.15) is 25.8 Å². The molecule has 3 aromatic rings. The fourth-order valence-electron chi connectivity index (χ4n) is 3.89. The van der Waals surface area contributed by atoms with Crippen molar-refractivity contribution in [3.05, 3.63) is 54.1 Å². The molecule has 9 heteroatoms. The monoisotopic (exact) mass is 435 g/mol. The molecule has 0 bridgehead atoms. The number of aromatic nitrogens is 2. The van der Waals surface area contributed by atoms with Gasteiger partial charge in [-0.05, 0) is 43.2 Å². The molecule has 1 aliphatic rings. The van der Waals surface area contributed by atoms with Crippen molar-refractivity contribution in [2.75, 3.05) is 19.0 Å². The molecule has 1 unspecified atom stereocenters. The number of ether oxygens (including phenoxy) is 1. The first-order chi connectivity index (χ1) is 15.4. The SMILES string of the molecule is CCCn1c(NC(=O)CN2C(=O)NC(C)(c3ccc(OC)cc3)C2=O)nc2ccccc21. The number of imidazole rings is 1. The molecule has 2 N–H and O–H groups in total. The third kappa shape index (κ3) is 3.66. The Hall–Kier alpha value is -3.88. The minimum Gasteiger partial charge on any atom is -0.497 e. The van der Waals surface area contributed by atoms with Crippen LogP contribution in [0.3, 0.4) is 0 Å². The molecule has 1 saturated heterocycles. The lowest BCUT2D eigenvalue weighted by molar-refractivity contribution is -0.133. The van der Waals surface area contributed by atoms with E-state index < -0.39 is 29.9 Å². The van der Waals surface area contributed by atoms with Crippen LogP contribution >= 0.6 is 0 Å². The van der Waals surface area contributed by atoms with Crippen LogP contribution in [-0.4, -0.2) is 46.0 Å². The molecule has 0 aliphatic carbocycles. The molecule has 2 aromatic carbocycles. The van der Waals surface area contributed by atoms with E-state index in [-0.39, 0.29) is 0 Å². The van der Waals surface area contributed by atoms with Gasteiger partial charge in [0.2, 0.25) is 11.9 Å². The summed E-state index contributed by atoms with van der Waals surface area (Å²) in [6.07, 6.45) is 0.858. The average molecular weight is 435 g/mol. The second-order valence-corrected chi connectivity index (χ2v) is 7.80. The molecule has 1 aromatic heterocycles. The summed E-state index contributed by atoms with van der Waals surface area (Å²) in [7, 11) is 1.55. The minimum atomic E-state index is -1.26. The van der Waals surface area contributed by atoms with Crippen molar-refractivity contribution in [1.29, 1.82) is 0 Å². The number of nitrogens with zero attached hydrogens (tertiary/aromatic N) is 3. The second-order valence-electron chi connectivity index (χ2n) is 7.80. The summed E-state index contributed by atoms with van der Waals surface area (Å²) in [4.78, 5) is 43.8. The number of urea groups is 1. The average Bonchev–Trinajstić information content (AvgIpc) is 3.24.